The molecule has 4 rings (SSSR count). The Hall–Kier alpha value is -3.93. The Morgan fingerprint density at radius 2 is 1.44 bits per heavy atom. The first-order chi connectivity index (χ1) is 18.5. The second kappa shape index (κ2) is 11.4. The molecule has 0 bridgehead atoms. The van der Waals surface area contributed by atoms with Crippen LogP contribution in [-0.2, 0) is 24.8 Å². The van der Waals surface area contributed by atoms with Gasteiger partial charge in [-0.25, -0.2) is 21.2 Å². The predicted molar refractivity (Wildman–Crippen MR) is 149 cm³/mol. The van der Waals surface area contributed by atoms with Gasteiger partial charge in [0.25, 0.3) is 20.0 Å². The molecule has 202 valence electrons. The van der Waals surface area contributed by atoms with E-state index in [0.29, 0.717) is 10.6 Å². The minimum Gasteiger partial charge on any atom is -0.325 e. The lowest BCUT2D eigenvalue weighted by atomic mass is 10.2. The average Bonchev–Trinajstić information content (AvgIpc) is 2.91. The second-order valence-electron chi connectivity index (χ2n) is 8.44. The van der Waals surface area contributed by atoms with Crippen LogP contribution in [0.3, 0.4) is 0 Å². The summed E-state index contributed by atoms with van der Waals surface area (Å²) < 4.78 is 68.8. The minimum absolute atomic E-state index is 0.000361. The van der Waals surface area contributed by atoms with Crippen LogP contribution in [0.25, 0.3) is 0 Å². The van der Waals surface area contributed by atoms with Crippen LogP contribution in [0.5, 0.6) is 0 Å². The molecule has 39 heavy (non-hydrogen) atoms. The van der Waals surface area contributed by atoms with Crippen molar-refractivity contribution in [1.82, 2.24) is 0 Å². The normalized spacial score (nSPS) is 11.6. The SMILES string of the molecule is Cc1ccc(Cl)cc1N(CC(=O)Nc1ccc(S(=O)(=O)Nc2ccc(F)cc2)cc1)S(=O)(=O)c1ccccc1. The summed E-state index contributed by atoms with van der Waals surface area (Å²) in [6, 6.07) is 22.6. The highest BCUT2D eigenvalue weighted by Crippen LogP contribution is 2.29. The molecule has 0 aromatic heterocycles. The van der Waals surface area contributed by atoms with Crippen molar-refractivity contribution in [3.63, 3.8) is 0 Å². The molecule has 0 aliphatic carbocycles. The third-order valence-corrected chi connectivity index (χ3v) is 9.01. The van der Waals surface area contributed by atoms with Crippen LogP contribution in [-0.4, -0.2) is 29.3 Å². The van der Waals surface area contributed by atoms with Gasteiger partial charge in [-0.1, -0.05) is 35.9 Å². The molecule has 0 atom stereocenters. The molecule has 4 aromatic rings. The first kappa shape index (κ1) is 28.1. The van der Waals surface area contributed by atoms with Crippen molar-refractivity contribution in [3.05, 3.63) is 113 Å². The molecule has 4 aromatic carbocycles. The predicted octanol–water partition coefficient (Wildman–Crippen LogP) is 5.42. The van der Waals surface area contributed by atoms with Gasteiger partial charge in [-0.3, -0.25) is 13.8 Å². The van der Waals surface area contributed by atoms with Gasteiger partial charge in [0.2, 0.25) is 5.91 Å². The van der Waals surface area contributed by atoms with E-state index in [2.05, 4.69) is 10.0 Å². The number of rotatable bonds is 9. The smallest absolute Gasteiger partial charge is 0.264 e. The molecule has 0 radical (unpaired) electrons. The first-order valence-corrected chi connectivity index (χ1v) is 14.8. The van der Waals surface area contributed by atoms with Gasteiger partial charge in [-0.05, 0) is 85.3 Å². The standard InChI is InChI=1S/C27H23ClFN3O5S2/c1-19-7-8-20(28)17-26(19)32(39(36,37)25-5-3-2-4-6-25)18-27(33)30-22-13-15-24(16-14-22)38(34,35)31-23-11-9-21(29)10-12-23/h2-17,31H,18H2,1H3,(H,30,33). The lowest BCUT2D eigenvalue weighted by molar-refractivity contribution is -0.114. The number of amides is 1. The number of carbonyl (C=O) groups is 1. The summed E-state index contributed by atoms with van der Waals surface area (Å²) >= 11 is 6.14. The summed E-state index contributed by atoms with van der Waals surface area (Å²) in [6.45, 7) is 1.14. The minimum atomic E-state index is -4.14. The van der Waals surface area contributed by atoms with E-state index in [0.717, 1.165) is 16.4 Å². The van der Waals surface area contributed by atoms with Gasteiger partial charge in [0, 0.05) is 16.4 Å². The molecule has 0 unspecified atom stereocenters. The van der Waals surface area contributed by atoms with E-state index >= 15 is 0 Å². The number of aryl methyl sites for hydroxylation is 1. The molecular weight excluding hydrogens is 565 g/mol. The molecule has 0 aliphatic rings. The summed E-state index contributed by atoms with van der Waals surface area (Å²) in [5.74, 6) is -1.16. The van der Waals surface area contributed by atoms with Gasteiger partial charge >= 0.3 is 0 Å². The molecule has 0 heterocycles. The Kier molecular flexibility index (Phi) is 8.24. The van der Waals surface area contributed by atoms with Gasteiger partial charge in [-0.2, -0.15) is 0 Å². The van der Waals surface area contributed by atoms with E-state index < -0.39 is 38.3 Å². The summed E-state index contributed by atoms with van der Waals surface area (Å²) in [6.07, 6.45) is 0. The Bertz CT molecular complexity index is 1700. The zero-order valence-corrected chi connectivity index (χ0v) is 22.9. The molecule has 0 aliphatic heterocycles. The monoisotopic (exact) mass is 587 g/mol. The maximum atomic E-state index is 13.5. The van der Waals surface area contributed by atoms with Gasteiger partial charge < -0.3 is 5.32 Å². The number of hydrogen-bond acceptors (Lipinski definition) is 5. The fourth-order valence-electron chi connectivity index (χ4n) is 3.65. The highest BCUT2D eigenvalue weighted by Gasteiger charge is 2.28. The molecule has 0 saturated carbocycles. The van der Waals surface area contributed by atoms with Gasteiger partial charge in [0.05, 0.1) is 15.5 Å². The van der Waals surface area contributed by atoms with Crippen LogP contribution in [0.2, 0.25) is 5.02 Å². The van der Waals surface area contributed by atoms with Crippen LogP contribution in [0, 0.1) is 12.7 Å². The molecular formula is C27H23ClFN3O5S2. The van der Waals surface area contributed by atoms with E-state index in [9.17, 15) is 26.0 Å². The van der Waals surface area contributed by atoms with Crippen LogP contribution in [0.15, 0.2) is 107 Å². The van der Waals surface area contributed by atoms with Crippen molar-refractivity contribution in [2.24, 2.45) is 0 Å². The van der Waals surface area contributed by atoms with Crippen molar-refractivity contribution in [2.75, 3.05) is 20.9 Å². The molecule has 2 N–H and O–H groups in total. The number of hydrogen-bond donors (Lipinski definition) is 2. The topological polar surface area (TPSA) is 113 Å². The van der Waals surface area contributed by atoms with E-state index in [-0.39, 0.29) is 26.9 Å². The van der Waals surface area contributed by atoms with Crippen LogP contribution in [0.1, 0.15) is 5.56 Å². The van der Waals surface area contributed by atoms with Gasteiger partial charge in [0.15, 0.2) is 0 Å². The molecule has 8 nitrogen and oxygen atoms in total. The van der Waals surface area contributed by atoms with Crippen LogP contribution >= 0.6 is 11.6 Å². The van der Waals surface area contributed by atoms with Gasteiger partial charge in [0.1, 0.15) is 12.4 Å². The summed E-state index contributed by atoms with van der Waals surface area (Å²) in [7, 11) is -8.11. The molecule has 0 fully saturated rings. The second-order valence-corrected chi connectivity index (χ2v) is 12.4. The Morgan fingerprint density at radius 1 is 0.821 bits per heavy atom. The number of halogens is 2. The van der Waals surface area contributed by atoms with Crippen molar-refractivity contribution in [3.8, 4) is 0 Å². The number of carbonyl (C=O) groups excluding carboxylic acids is 1. The Labute approximate surface area is 231 Å². The average molecular weight is 588 g/mol. The van der Waals surface area contributed by atoms with E-state index in [1.165, 1.54) is 54.6 Å². The number of nitrogens with zero attached hydrogens (tertiary/aromatic N) is 1. The van der Waals surface area contributed by atoms with Crippen molar-refractivity contribution in [2.45, 2.75) is 16.7 Å². The Morgan fingerprint density at radius 3 is 2.08 bits per heavy atom. The first-order valence-electron chi connectivity index (χ1n) is 11.5. The third kappa shape index (κ3) is 6.75. The van der Waals surface area contributed by atoms with Crippen molar-refractivity contribution < 1.29 is 26.0 Å². The van der Waals surface area contributed by atoms with E-state index in [1.807, 2.05) is 0 Å². The summed E-state index contributed by atoms with van der Waals surface area (Å²) in [5.41, 5.74) is 1.27. The fraction of sp³-hybridized carbons (Fsp3) is 0.0741. The highest BCUT2D eigenvalue weighted by molar-refractivity contribution is 7.93. The lowest BCUT2D eigenvalue weighted by Crippen LogP contribution is -2.38. The third-order valence-electron chi connectivity index (χ3n) is 5.60. The zero-order chi connectivity index (χ0) is 28.2. The fourth-order valence-corrected chi connectivity index (χ4v) is 6.37. The van der Waals surface area contributed by atoms with Gasteiger partial charge in [-0.15, -0.1) is 0 Å². The Balaban J connectivity index is 1.55. The van der Waals surface area contributed by atoms with Crippen molar-refractivity contribution >= 4 is 54.6 Å². The largest absolute Gasteiger partial charge is 0.325 e. The lowest BCUT2D eigenvalue weighted by Gasteiger charge is -2.26. The number of anilines is 3. The van der Waals surface area contributed by atoms with E-state index in [4.69, 9.17) is 11.6 Å². The molecule has 12 heteroatoms. The quantitative estimate of drug-likeness (QED) is 0.271. The molecule has 1 amide bonds. The zero-order valence-electron chi connectivity index (χ0n) is 20.5. The molecule has 0 saturated heterocycles. The summed E-state index contributed by atoms with van der Waals surface area (Å²) in [5, 5.41) is 2.90. The summed E-state index contributed by atoms with van der Waals surface area (Å²) in [4.78, 5) is 12.9. The number of nitrogens with one attached hydrogen (secondary N) is 2. The number of benzene rings is 4. The maximum Gasteiger partial charge on any atom is 0.264 e. The molecule has 0 spiro atoms. The van der Waals surface area contributed by atoms with E-state index in [1.54, 1.807) is 37.3 Å². The highest BCUT2D eigenvalue weighted by atomic mass is 35.5. The van der Waals surface area contributed by atoms with Crippen molar-refractivity contribution in [1.29, 1.82) is 0 Å². The van der Waals surface area contributed by atoms with Crippen LogP contribution in [0.4, 0.5) is 21.5 Å². The maximum absolute atomic E-state index is 13.5. The number of sulfonamides is 2. The van der Waals surface area contributed by atoms with Crippen LogP contribution < -0.4 is 14.3 Å².